The van der Waals surface area contributed by atoms with Gasteiger partial charge in [-0.25, -0.2) is 19.9 Å². The maximum absolute atomic E-state index is 4.21. The molecule has 0 bridgehead atoms. The minimum Gasteiger partial charge on any atom is -0.244 e. The summed E-state index contributed by atoms with van der Waals surface area (Å²) in [7, 11) is 3.95. The molecule has 4 aromatic rings. The van der Waals surface area contributed by atoms with E-state index in [0.717, 1.165) is 22.8 Å². The van der Waals surface area contributed by atoms with E-state index in [1.165, 1.54) is 0 Å². The largest absolute Gasteiger partial charge is 0.244 e. The monoisotopic (exact) mass is 470 g/mol. The molecule has 0 fully saturated rings. The van der Waals surface area contributed by atoms with Gasteiger partial charge < -0.3 is 0 Å². The second-order valence-corrected chi connectivity index (χ2v) is 5.84. The molecule has 0 aliphatic rings. The molecule has 0 radical (unpaired) electrons. The highest BCUT2D eigenvalue weighted by Gasteiger charge is 2.09. The third-order valence-electron chi connectivity index (χ3n) is 3.95. The molecule has 0 spiro atoms. The first-order chi connectivity index (χ1) is 16.6. The Bertz CT molecular complexity index is 923. The molecule has 0 aliphatic carbocycles. The Morgan fingerprint density at radius 2 is 1.12 bits per heavy atom. The van der Waals surface area contributed by atoms with E-state index in [2.05, 4.69) is 19.9 Å². The summed E-state index contributed by atoms with van der Waals surface area (Å²) in [5.74, 6) is 0.919. The van der Waals surface area contributed by atoms with Gasteiger partial charge >= 0.3 is 0 Å². The van der Waals surface area contributed by atoms with Crippen molar-refractivity contribution in [3.8, 4) is 11.5 Å². The van der Waals surface area contributed by atoms with Crippen molar-refractivity contribution in [2.45, 2.75) is 69.2 Å². The molecule has 8 nitrogen and oxygen atoms in total. The maximum atomic E-state index is 4.21. The maximum Gasteiger partial charge on any atom is 0.198 e. The van der Waals surface area contributed by atoms with E-state index in [1.807, 2.05) is 151 Å². The van der Waals surface area contributed by atoms with Crippen LogP contribution in [0.2, 0.25) is 0 Å². The fourth-order valence-electron chi connectivity index (χ4n) is 2.55. The quantitative estimate of drug-likeness (QED) is 0.391. The summed E-state index contributed by atoms with van der Waals surface area (Å²) in [5, 5.41) is 0. The highest BCUT2D eigenvalue weighted by molar-refractivity contribution is 5.30. The smallest absolute Gasteiger partial charge is 0.198 e. The molecule has 4 rings (SSSR count). The molecule has 0 unspecified atom stereocenters. The first kappa shape index (κ1) is 32.8. The normalized spacial score (nSPS) is 8.59. The van der Waals surface area contributed by atoms with Gasteiger partial charge in [0.15, 0.2) is 32.3 Å². The summed E-state index contributed by atoms with van der Waals surface area (Å²) < 4.78 is 7.91. The van der Waals surface area contributed by atoms with Crippen molar-refractivity contribution in [3.05, 3.63) is 73.2 Å². The van der Waals surface area contributed by atoms with Crippen molar-refractivity contribution >= 4 is 0 Å². The number of hydrogen-bond acceptors (Lipinski definition) is 4. The first-order valence-electron chi connectivity index (χ1n) is 12.2. The predicted molar refractivity (Wildman–Crippen MR) is 140 cm³/mol. The first-order valence-corrected chi connectivity index (χ1v) is 12.2. The fraction of sp³-hybridized carbons (Fsp3) is 0.462. The zero-order chi connectivity index (χ0) is 26.5. The van der Waals surface area contributed by atoms with Crippen LogP contribution < -0.4 is 9.36 Å². The van der Waals surface area contributed by atoms with Crippen LogP contribution in [0.4, 0.5) is 0 Å². The Labute approximate surface area is 207 Å². The topological polar surface area (TPSA) is 69.2 Å². The third kappa shape index (κ3) is 10.0. The molecule has 4 heterocycles. The van der Waals surface area contributed by atoms with Crippen LogP contribution in [0.3, 0.4) is 0 Å². The van der Waals surface area contributed by atoms with Crippen LogP contribution in [0, 0.1) is 13.8 Å². The molecule has 0 aliphatic heterocycles. The van der Waals surface area contributed by atoms with Crippen molar-refractivity contribution in [2.75, 3.05) is 0 Å². The van der Waals surface area contributed by atoms with Crippen LogP contribution in [-0.4, -0.2) is 29.3 Å². The molecule has 0 atom stereocenters. The van der Waals surface area contributed by atoms with Gasteiger partial charge in [0.2, 0.25) is 0 Å². The fourth-order valence-corrected chi connectivity index (χ4v) is 2.55. The molecule has 0 saturated heterocycles. The van der Waals surface area contributed by atoms with Gasteiger partial charge in [-0.05, 0) is 13.8 Å². The van der Waals surface area contributed by atoms with Gasteiger partial charge in [0.25, 0.3) is 0 Å². The lowest BCUT2D eigenvalue weighted by atomic mass is 10.3. The SMILES string of the molecule is CC.CC.CC.CC.Cc1cncnc1-n1ccc[n+]1C.Cc1ncncc1-n1ccc[n+]1C. The number of aryl methyl sites for hydroxylation is 4. The van der Waals surface area contributed by atoms with Crippen LogP contribution in [0.15, 0.2) is 62.0 Å². The van der Waals surface area contributed by atoms with E-state index < -0.39 is 0 Å². The summed E-state index contributed by atoms with van der Waals surface area (Å²) in [5.41, 5.74) is 3.05. The Balaban J connectivity index is 0. The van der Waals surface area contributed by atoms with Crippen molar-refractivity contribution in [3.63, 3.8) is 0 Å². The third-order valence-corrected chi connectivity index (χ3v) is 3.95. The van der Waals surface area contributed by atoms with E-state index in [4.69, 9.17) is 0 Å². The van der Waals surface area contributed by atoms with Crippen molar-refractivity contribution in [1.29, 1.82) is 0 Å². The molecule has 4 aromatic heterocycles. The molecule has 0 amide bonds. The number of hydrogen-bond donors (Lipinski definition) is 0. The minimum absolute atomic E-state index is 0.919. The standard InChI is InChI=1S/2C9H11N4.4C2H6/c1-8-9(6-10-7-11-8)13-5-3-4-12(13)2;1-8-6-10-7-11-9(8)13-5-3-4-12(13)2;4*1-2/h2*3-7H,1-2H3;4*1-2H3/q2*+1;;;;. The number of nitrogens with zero attached hydrogens (tertiary/aromatic N) is 8. The number of rotatable bonds is 2. The van der Waals surface area contributed by atoms with Gasteiger partial charge in [-0.2, -0.15) is 0 Å². The van der Waals surface area contributed by atoms with E-state index in [-0.39, 0.29) is 0 Å². The van der Waals surface area contributed by atoms with Gasteiger partial charge in [0, 0.05) is 23.9 Å². The van der Waals surface area contributed by atoms with E-state index >= 15 is 0 Å². The molecular formula is C26H46N8+2. The zero-order valence-electron chi connectivity index (χ0n) is 23.4. The van der Waals surface area contributed by atoms with Gasteiger partial charge in [-0.15, -0.1) is 18.7 Å². The van der Waals surface area contributed by atoms with Crippen LogP contribution >= 0.6 is 0 Å². The van der Waals surface area contributed by atoms with Crippen molar-refractivity contribution in [2.24, 2.45) is 14.1 Å². The second kappa shape index (κ2) is 20.2. The van der Waals surface area contributed by atoms with Gasteiger partial charge in [0.1, 0.15) is 18.3 Å². The van der Waals surface area contributed by atoms with Crippen molar-refractivity contribution in [1.82, 2.24) is 29.3 Å². The van der Waals surface area contributed by atoms with E-state index in [1.54, 1.807) is 12.7 Å². The Hall–Kier alpha value is -3.42. The van der Waals surface area contributed by atoms with Crippen LogP contribution in [0.5, 0.6) is 0 Å². The molecular weight excluding hydrogens is 424 g/mol. The van der Waals surface area contributed by atoms with Crippen molar-refractivity contribution < 1.29 is 9.36 Å². The van der Waals surface area contributed by atoms with Gasteiger partial charge in [0.05, 0.1) is 24.3 Å². The summed E-state index contributed by atoms with van der Waals surface area (Å²) in [6, 6.07) is 3.95. The molecule has 0 N–H and O–H groups in total. The highest BCUT2D eigenvalue weighted by atomic mass is 15.4. The van der Waals surface area contributed by atoms with Gasteiger partial charge in [-0.3, -0.25) is 0 Å². The lowest BCUT2D eigenvalue weighted by Crippen LogP contribution is -2.37. The summed E-state index contributed by atoms with van der Waals surface area (Å²) in [4.78, 5) is 16.3. The van der Waals surface area contributed by atoms with Crippen LogP contribution in [0.1, 0.15) is 66.6 Å². The molecule has 0 saturated carbocycles. The summed E-state index contributed by atoms with van der Waals surface area (Å²) >= 11 is 0. The lowest BCUT2D eigenvalue weighted by Gasteiger charge is -2.01. The Morgan fingerprint density at radius 1 is 0.647 bits per heavy atom. The number of aromatic nitrogens is 8. The zero-order valence-corrected chi connectivity index (χ0v) is 23.4. The average Bonchev–Trinajstić information content (AvgIpc) is 3.53. The highest BCUT2D eigenvalue weighted by Crippen LogP contribution is 2.06. The van der Waals surface area contributed by atoms with Crippen LogP contribution in [-0.2, 0) is 14.1 Å². The Morgan fingerprint density at radius 3 is 1.56 bits per heavy atom. The van der Waals surface area contributed by atoms with Crippen LogP contribution in [0.25, 0.3) is 11.5 Å². The molecule has 8 heteroatoms. The molecule has 34 heavy (non-hydrogen) atoms. The summed E-state index contributed by atoms with van der Waals surface area (Å²) in [6.07, 6.45) is 14.6. The minimum atomic E-state index is 0.919. The van der Waals surface area contributed by atoms with E-state index in [9.17, 15) is 0 Å². The van der Waals surface area contributed by atoms with E-state index in [0.29, 0.717) is 0 Å². The lowest BCUT2D eigenvalue weighted by molar-refractivity contribution is -0.744. The molecule has 0 aromatic carbocycles. The second-order valence-electron chi connectivity index (χ2n) is 5.84. The molecule has 188 valence electrons. The average molecular weight is 471 g/mol. The predicted octanol–water partition coefficient (Wildman–Crippen LogP) is 4.91. The Kier molecular flexibility index (Phi) is 19.5. The van der Waals surface area contributed by atoms with Gasteiger partial charge in [-0.1, -0.05) is 55.4 Å². The summed E-state index contributed by atoms with van der Waals surface area (Å²) in [6.45, 7) is 20.0.